The van der Waals surface area contributed by atoms with E-state index in [1.54, 1.807) is 6.07 Å². The van der Waals surface area contributed by atoms with Crippen molar-refractivity contribution < 1.29 is 115 Å². The molecule has 0 spiro atoms. The molecule has 3 aromatic rings. The van der Waals surface area contributed by atoms with E-state index in [-0.39, 0.29) is 65.9 Å². The van der Waals surface area contributed by atoms with E-state index in [9.17, 15) is 82.2 Å². The number of carbonyl (C=O) groups excluding carboxylic acids is 5. The third-order valence-corrected chi connectivity index (χ3v) is 23.6. The molecule has 6 N–H and O–H groups in total. The number of nitrogens with zero attached hydrogens (tertiary/aromatic N) is 4. The Morgan fingerprint density at radius 2 is 1.43 bits per heavy atom. The number of amides is 3. The molecule has 3 unspecified atom stereocenters. The first-order valence-electron chi connectivity index (χ1n) is 33.8. The number of carbonyl (C=O) groups is 6. The standard InChI is InChI=1S/C70H93BrN5O23PS4/c1-67(2,46-70(7,71)66(83)96-40-41-98-100(84,85)97-39-37-76(8,9)10)65(82)95-38-36-75-61(78)44-57(63(75)79)101-45-54(64(80)81)72-60(77)23-12-11-15-34-74-56-31-30-51(104(92,93)94)43-53(56)69(5,6)59(74)33-25-48-20-18-19-47(62(48)99-49-26-28-50(29-27-49)103(89,90)91)24-32-58-68(3,4)52-21-13-14-22-55(52)73(58)35-16-17-42-102(86,87)88/h13-14,21-22,24-33,43,54,57H,11-12,15-20,23,34-42,44-46H2,1-10H3,(H4-2,72,77,80,81,84,85,86,87,88,89,90,91,92,93,94)/p+2/t54-,57?,70?/m0/s1. The van der Waals surface area contributed by atoms with E-state index in [1.165, 1.54) is 57.2 Å². The molecule has 3 heterocycles. The Morgan fingerprint density at radius 1 is 0.779 bits per heavy atom. The first-order chi connectivity index (χ1) is 48.2. The number of alkyl halides is 1. The molecule has 4 atom stereocenters. The Kier molecular flexibility index (Phi) is 28.2. The number of hydrogen-bond acceptors (Lipinski definition) is 20. The number of phosphoric acid groups is 1. The van der Waals surface area contributed by atoms with Crippen molar-refractivity contribution in [2.45, 2.75) is 155 Å². The summed E-state index contributed by atoms with van der Waals surface area (Å²) in [5.41, 5.74) is 3.77. The van der Waals surface area contributed by atoms with Gasteiger partial charge in [-0.3, -0.25) is 51.6 Å². The minimum absolute atomic E-state index is 0.0506. The summed E-state index contributed by atoms with van der Waals surface area (Å²) in [5.74, 6) is -4.65. The Labute approximate surface area is 620 Å². The lowest BCUT2D eigenvalue weighted by Crippen LogP contribution is -2.43. The van der Waals surface area contributed by atoms with E-state index in [0.717, 1.165) is 50.5 Å². The summed E-state index contributed by atoms with van der Waals surface area (Å²) in [6.07, 6.45) is 11.1. The van der Waals surface area contributed by atoms with Crippen LogP contribution in [0.25, 0.3) is 0 Å². The fourth-order valence-corrected chi connectivity index (χ4v) is 17.0. The van der Waals surface area contributed by atoms with Crippen molar-refractivity contribution >= 4 is 119 Å². The van der Waals surface area contributed by atoms with Crippen LogP contribution < -0.4 is 15.0 Å². The fourth-order valence-electron chi connectivity index (χ4n) is 12.7. The van der Waals surface area contributed by atoms with Crippen molar-refractivity contribution in [1.82, 2.24) is 10.2 Å². The first kappa shape index (κ1) is 84.8. The zero-order chi connectivity index (χ0) is 77.2. The maximum atomic E-state index is 13.5. The largest absolute Gasteiger partial charge is 0.480 e. The van der Waals surface area contributed by atoms with E-state index in [1.807, 2.05) is 88.5 Å². The molecule has 0 radical (unpaired) electrons. The van der Waals surface area contributed by atoms with Crippen LogP contribution in [0.4, 0.5) is 11.4 Å². The summed E-state index contributed by atoms with van der Waals surface area (Å²) >= 11 is 4.19. The molecule has 572 valence electrons. The molecular formula is C70H95BrN5O23PS4+2. The normalized spacial score (nSPS) is 19.3. The van der Waals surface area contributed by atoms with Gasteiger partial charge in [0.1, 0.15) is 54.8 Å². The van der Waals surface area contributed by atoms with Gasteiger partial charge in [0, 0.05) is 66.1 Å². The number of esters is 2. The van der Waals surface area contributed by atoms with Crippen LogP contribution >= 0.6 is 35.5 Å². The third-order valence-electron chi connectivity index (χ3n) is 18.2. The van der Waals surface area contributed by atoms with Crippen LogP contribution in [0.1, 0.15) is 130 Å². The molecule has 1 aliphatic carbocycles. The number of hydrogen-bond donors (Lipinski definition) is 6. The summed E-state index contributed by atoms with van der Waals surface area (Å²) in [5, 5.41) is 11.7. The van der Waals surface area contributed by atoms with Gasteiger partial charge < -0.3 is 38.9 Å². The molecular weight excluding hydrogens is 1520 g/mol. The molecule has 0 aromatic heterocycles. The lowest BCUT2D eigenvalue weighted by Gasteiger charge is -2.30. The average Bonchev–Trinajstić information content (AvgIpc) is 1.60. The predicted octanol–water partition coefficient (Wildman–Crippen LogP) is 9.39. The number of halogens is 1. The first-order valence-corrected chi connectivity index (χ1v) is 41.7. The van der Waals surface area contributed by atoms with Gasteiger partial charge in [0.25, 0.3) is 30.4 Å². The summed E-state index contributed by atoms with van der Waals surface area (Å²) < 4.78 is 143. The van der Waals surface area contributed by atoms with Crippen LogP contribution in [-0.2, 0) is 93.0 Å². The molecule has 1 fully saturated rings. The number of imide groups is 1. The number of thioether (sulfide) groups is 1. The number of nitrogens with one attached hydrogen (secondary N) is 1. The monoisotopic (exact) mass is 1610 g/mol. The van der Waals surface area contributed by atoms with Gasteiger partial charge in [-0.05, 0) is 151 Å². The molecule has 7 rings (SSSR count). The van der Waals surface area contributed by atoms with Crippen LogP contribution in [-0.4, -0.2) is 205 Å². The SMILES string of the molecule is CC(C)(CC(C)(Br)C(=O)OCCOP(=O)(O)OCC[N+](C)(C)C)C(=O)OCCN1C(=O)CC(SC[C@H](NC(=O)CCCCCN2C(=CC=C3CCCC(C=CC4=[N+](CCCCS(=O)(=O)O)c5ccccc5C4(C)C)=C3Oc3ccc(S(=O)(=O)O)cc3)C(C)(C)c3cc(S(=O)(=O)O)ccc32)C(=O)O)C1=O. The highest BCUT2D eigenvalue weighted by Crippen LogP contribution is 2.50. The molecule has 4 aliphatic rings. The van der Waals surface area contributed by atoms with Gasteiger partial charge in [-0.15, -0.1) is 11.8 Å². The zero-order valence-corrected chi connectivity index (χ0v) is 65.7. The summed E-state index contributed by atoms with van der Waals surface area (Å²) in [7, 11) is -12.1. The van der Waals surface area contributed by atoms with Crippen LogP contribution in [0.5, 0.6) is 5.75 Å². The number of likely N-dealkylation sites (tertiary alicyclic amines) is 1. The van der Waals surface area contributed by atoms with Gasteiger partial charge in [-0.25, -0.2) is 9.36 Å². The molecule has 104 heavy (non-hydrogen) atoms. The number of likely N-dealkylation sites (N-methyl/N-ethyl adjacent to an activating group) is 1. The van der Waals surface area contributed by atoms with Crippen LogP contribution in [0.15, 0.2) is 123 Å². The predicted molar refractivity (Wildman–Crippen MR) is 393 cm³/mol. The van der Waals surface area contributed by atoms with Gasteiger partial charge >= 0.3 is 25.7 Å². The molecule has 0 bridgehead atoms. The molecule has 3 aliphatic heterocycles. The van der Waals surface area contributed by atoms with Crippen molar-refractivity contribution in [1.29, 1.82) is 0 Å². The Balaban J connectivity index is 0.984. The minimum atomic E-state index is -4.63. The number of anilines is 1. The number of fused-ring (bicyclic) bond motifs is 2. The Hall–Kier alpha value is -6.46. The van der Waals surface area contributed by atoms with Gasteiger partial charge in [-0.1, -0.05) is 60.5 Å². The maximum absolute atomic E-state index is 13.5. The van der Waals surface area contributed by atoms with Gasteiger partial charge in [0.2, 0.25) is 23.4 Å². The molecule has 28 nitrogen and oxygen atoms in total. The average molecular weight is 1610 g/mol. The van der Waals surface area contributed by atoms with Crippen LogP contribution in [0, 0.1) is 5.41 Å². The highest BCUT2D eigenvalue weighted by atomic mass is 79.9. The third kappa shape index (κ3) is 23.0. The zero-order valence-electron chi connectivity index (χ0n) is 60.0. The number of carboxylic acid groups (broad SMARTS) is 1. The number of rotatable bonds is 38. The highest BCUT2D eigenvalue weighted by molar-refractivity contribution is 9.10. The summed E-state index contributed by atoms with van der Waals surface area (Å²) in [4.78, 5) is 91.0. The van der Waals surface area contributed by atoms with Gasteiger partial charge in [0.05, 0.1) is 65.9 Å². The molecule has 3 aromatic carbocycles. The summed E-state index contributed by atoms with van der Waals surface area (Å²) in [6.45, 7) is 12.1. The topological polar surface area (TPSA) is 391 Å². The van der Waals surface area contributed by atoms with Crippen molar-refractivity contribution in [3.8, 4) is 5.75 Å². The van der Waals surface area contributed by atoms with Gasteiger partial charge in [-0.2, -0.15) is 29.8 Å². The number of quaternary nitrogens is 1. The molecule has 3 amide bonds. The van der Waals surface area contributed by atoms with E-state index < -0.39 is 125 Å². The molecule has 34 heteroatoms. The quantitative estimate of drug-likeness (QED) is 0.00454. The number of ether oxygens (including phenoxy) is 3. The number of unbranched alkanes of at least 4 members (excludes halogenated alkanes) is 3. The number of para-hydroxylation sites is 1. The molecule has 0 saturated carbocycles. The minimum Gasteiger partial charge on any atom is -0.480 e. The van der Waals surface area contributed by atoms with Crippen molar-refractivity contribution in [3.63, 3.8) is 0 Å². The van der Waals surface area contributed by atoms with E-state index >= 15 is 0 Å². The van der Waals surface area contributed by atoms with E-state index in [2.05, 4.69) is 39.7 Å². The van der Waals surface area contributed by atoms with E-state index in [4.69, 9.17) is 23.3 Å². The fraction of sp³-hybridized carbons (Fsp3) is 0.529. The smallest absolute Gasteiger partial charge is 0.472 e. The lowest BCUT2D eigenvalue weighted by molar-refractivity contribution is -0.870. The number of phosphoric ester groups is 1. The number of carboxylic acids is 1. The molecule has 1 saturated heterocycles. The van der Waals surface area contributed by atoms with Crippen molar-refractivity contribution in [2.75, 3.05) is 90.2 Å². The van der Waals surface area contributed by atoms with Gasteiger partial charge in [0.15, 0.2) is 5.71 Å². The Bertz CT molecular complexity index is 4320. The second kappa shape index (κ2) is 34.6. The second-order valence-electron chi connectivity index (χ2n) is 28.8. The lowest BCUT2D eigenvalue weighted by atomic mass is 9.81. The highest BCUT2D eigenvalue weighted by Gasteiger charge is 2.47. The number of allylic oxidation sites excluding steroid dienone is 7. The van der Waals surface area contributed by atoms with Crippen molar-refractivity contribution in [3.05, 3.63) is 125 Å². The number of aliphatic carboxylic acids is 1. The van der Waals surface area contributed by atoms with Crippen molar-refractivity contribution in [2.24, 2.45) is 5.41 Å². The Morgan fingerprint density at radius 3 is 2.09 bits per heavy atom. The van der Waals surface area contributed by atoms with E-state index in [0.29, 0.717) is 86.1 Å². The number of benzene rings is 3. The van der Waals surface area contributed by atoms with Crippen LogP contribution in [0.2, 0.25) is 0 Å². The second-order valence-corrected chi connectivity index (χ2v) is 37.6. The van der Waals surface area contributed by atoms with Crippen LogP contribution in [0.3, 0.4) is 0 Å². The maximum Gasteiger partial charge on any atom is 0.472 e. The summed E-state index contributed by atoms with van der Waals surface area (Å²) in [6, 6.07) is 16.2.